The van der Waals surface area contributed by atoms with Crippen molar-refractivity contribution in [1.29, 1.82) is 0 Å². The first-order valence-electron chi connectivity index (χ1n) is 7.98. The second kappa shape index (κ2) is 6.74. The van der Waals surface area contributed by atoms with Gasteiger partial charge in [-0.25, -0.2) is 0 Å². The number of carbonyl (C=O) groups is 2. The predicted octanol–water partition coefficient (Wildman–Crippen LogP) is 2.83. The van der Waals surface area contributed by atoms with Gasteiger partial charge in [-0.15, -0.1) is 0 Å². The SMILES string of the molecule is CC(=O)c1ccc(OCC(=O)N2CCCc3ccccc32)c(N)c1. The molecule has 0 fully saturated rings. The number of nitrogens with zero attached hydrogens (tertiary/aromatic N) is 1. The molecule has 0 atom stereocenters. The summed E-state index contributed by atoms with van der Waals surface area (Å²) >= 11 is 0. The molecule has 1 aliphatic rings. The number of Topliss-reactive ketones (excluding diaryl/α,β-unsaturated/α-hetero) is 1. The second-order valence-electron chi connectivity index (χ2n) is 5.88. The summed E-state index contributed by atoms with van der Waals surface area (Å²) in [5.41, 5.74) is 8.92. The third kappa shape index (κ3) is 3.25. The second-order valence-corrected chi connectivity index (χ2v) is 5.88. The van der Waals surface area contributed by atoms with Gasteiger partial charge in [-0.3, -0.25) is 9.59 Å². The van der Waals surface area contributed by atoms with Gasteiger partial charge in [0.25, 0.3) is 5.91 Å². The molecule has 124 valence electrons. The summed E-state index contributed by atoms with van der Waals surface area (Å²) in [5, 5.41) is 0. The monoisotopic (exact) mass is 324 g/mol. The molecule has 0 bridgehead atoms. The van der Waals surface area contributed by atoms with Gasteiger partial charge in [0, 0.05) is 17.8 Å². The topological polar surface area (TPSA) is 72.6 Å². The van der Waals surface area contributed by atoms with Crippen LogP contribution in [0.3, 0.4) is 0 Å². The fourth-order valence-corrected chi connectivity index (χ4v) is 2.91. The Hall–Kier alpha value is -2.82. The van der Waals surface area contributed by atoms with E-state index in [2.05, 4.69) is 0 Å². The predicted molar refractivity (Wildman–Crippen MR) is 93.5 cm³/mol. The van der Waals surface area contributed by atoms with Gasteiger partial charge in [0.15, 0.2) is 12.4 Å². The Labute approximate surface area is 141 Å². The summed E-state index contributed by atoms with van der Waals surface area (Å²) in [4.78, 5) is 25.6. The minimum absolute atomic E-state index is 0.0609. The average molecular weight is 324 g/mol. The number of rotatable bonds is 4. The zero-order valence-corrected chi connectivity index (χ0v) is 13.6. The molecule has 0 radical (unpaired) electrons. The molecule has 24 heavy (non-hydrogen) atoms. The van der Waals surface area contributed by atoms with Gasteiger partial charge < -0.3 is 15.4 Å². The van der Waals surface area contributed by atoms with Crippen LogP contribution in [0.25, 0.3) is 0 Å². The number of aryl methyl sites for hydroxylation is 1. The number of hydrogen-bond donors (Lipinski definition) is 1. The molecule has 1 aliphatic heterocycles. The van der Waals surface area contributed by atoms with Crippen LogP contribution < -0.4 is 15.4 Å². The molecular formula is C19H20N2O3. The number of nitrogens with two attached hydrogens (primary N) is 1. The first-order valence-corrected chi connectivity index (χ1v) is 7.98. The lowest BCUT2D eigenvalue weighted by Gasteiger charge is -2.29. The first kappa shape index (κ1) is 16.1. The van der Waals surface area contributed by atoms with Crippen molar-refractivity contribution in [2.75, 3.05) is 23.8 Å². The lowest BCUT2D eigenvalue weighted by Crippen LogP contribution is -2.38. The van der Waals surface area contributed by atoms with E-state index in [0.717, 1.165) is 18.5 Å². The van der Waals surface area contributed by atoms with Crippen molar-refractivity contribution in [2.24, 2.45) is 0 Å². The van der Waals surface area contributed by atoms with E-state index < -0.39 is 0 Å². The van der Waals surface area contributed by atoms with Gasteiger partial charge in [0.05, 0.1) is 5.69 Å². The van der Waals surface area contributed by atoms with Gasteiger partial charge in [-0.1, -0.05) is 18.2 Å². The quantitative estimate of drug-likeness (QED) is 0.693. The molecule has 5 nitrogen and oxygen atoms in total. The maximum Gasteiger partial charge on any atom is 0.264 e. The smallest absolute Gasteiger partial charge is 0.264 e. The molecule has 2 aromatic carbocycles. The van der Waals surface area contributed by atoms with Crippen molar-refractivity contribution >= 4 is 23.1 Å². The van der Waals surface area contributed by atoms with Gasteiger partial charge in [0.2, 0.25) is 0 Å². The van der Waals surface area contributed by atoms with Crippen LogP contribution in [0.5, 0.6) is 5.75 Å². The standard InChI is InChI=1S/C19H20N2O3/c1-13(22)15-8-9-18(16(20)11-15)24-12-19(23)21-10-4-6-14-5-2-3-7-17(14)21/h2-3,5,7-9,11H,4,6,10,12,20H2,1H3. The van der Waals surface area contributed by atoms with E-state index in [1.807, 2.05) is 24.3 Å². The van der Waals surface area contributed by atoms with Crippen LogP contribution >= 0.6 is 0 Å². The molecule has 0 unspecified atom stereocenters. The van der Waals surface area contributed by atoms with Gasteiger partial charge in [-0.05, 0) is 49.6 Å². The number of amides is 1. The molecule has 3 rings (SSSR count). The Balaban J connectivity index is 1.70. The minimum atomic E-state index is -0.0998. The highest BCUT2D eigenvalue weighted by molar-refractivity contribution is 5.96. The van der Waals surface area contributed by atoms with E-state index in [1.165, 1.54) is 12.5 Å². The van der Waals surface area contributed by atoms with E-state index in [-0.39, 0.29) is 18.3 Å². The van der Waals surface area contributed by atoms with E-state index in [9.17, 15) is 9.59 Å². The highest BCUT2D eigenvalue weighted by atomic mass is 16.5. The third-order valence-corrected chi connectivity index (χ3v) is 4.18. The van der Waals surface area contributed by atoms with Crippen molar-refractivity contribution in [1.82, 2.24) is 0 Å². The van der Waals surface area contributed by atoms with E-state index in [0.29, 0.717) is 23.5 Å². The minimum Gasteiger partial charge on any atom is -0.482 e. The number of benzene rings is 2. The van der Waals surface area contributed by atoms with Crippen molar-refractivity contribution in [3.63, 3.8) is 0 Å². The number of hydrogen-bond acceptors (Lipinski definition) is 4. The van der Waals surface area contributed by atoms with Gasteiger partial charge in [0.1, 0.15) is 5.75 Å². The molecular weight excluding hydrogens is 304 g/mol. The van der Waals surface area contributed by atoms with Crippen LogP contribution in [0.2, 0.25) is 0 Å². The normalized spacial score (nSPS) is 13.3. The molecule has 5 heteroatoms. The number of para-hydroxylation sites is 1. The van der Waals surface area contributed by atoms with Crippen LogP contribution in [-0.2, 0) is 11.2 Å². The highest BCUT2D eigenvalue weighted by Gasteiger charge is 2.22. The molecule has 1 heterocycles. The first-order chi connectivity index (χ1) is 11.6. The maximum atomic E-state index is 12.5. The molecule has 0 saturated carbocycles. The molecule has 0 aromatic heterocycles. The van der Waals surface area contributed by atoms with E-state index >= 15 is 0 Å². The van der Waals surface area contributed by atoms with Gasteiger partial charge in [-0.2, -0.15) is 0 Å². The summed E-state index contributed by atoms with van der Waals surface area (Å²) < 4.78 is 5.57. The Kier molecular flexibility index (Phi) is 4.51. The maximum absolute atomic E-state index is 12.5. The van der Waals surface area contributed by atoms with Crippen LogP contribution in [0, 0.1) is 0 Å². The van der Waals surface area contributed by atoms with E-state index in [4.69, 9.17) is 10.5 Å². The Morgan fingerprint density at radius 1 is 1.21 bits per heavy atom. The summed E-state index contributed by atoms with van der Waals surface area (Å²) in [6.45, 7) is 2.09. The number of anilines is 2. The molecule has 2 aromatic rings. The van der Waals surface area contributed by atoms with E-state index in [1.54, 1.807) is 23.1 Å². The summed E-state index contributed by atoms with van der Waals surface area (Å²) in [7, 11) is 0. The van der Waals surface area contributed by atoms with Gasteiger partial charge >= 0.3 is 0 Å². The number of fused-ring (bicyclic) bond motifs is 1. The van der Waals surface area contributed by atoms with Crippen molar-refractivity contribution in [2.45, 2.75) is 19.8 Å². The lowest BCUT2D eigenvalue weighted by molar-refractivity contribution is -0.120. The fourth-order valence-electron chi connectivity index (χ4n) is 2.91. The summed E-state index contributed by atoms with van der Waals surface area (Å²) in [5.74, 6) is 0.255. The number of ketones is 1. The van der Waals surface area contributed by atoms with Crippen LogP contribution in [0.4, 0.5) is 11.4 Å². The van der Waals surface area contributed by atoms with Crippen LogP contribution in [0.15, 0.2) is 42.5 Å². The Morgan fingerprint density at radius 3 is 2.75 bits per heavy atom. The largest absolute Gasteiger partial charge is 0.482 e. The number of ether oxygens (including phenoxy) is 1. The fraction of sp³-hybridized carbons (Fsp3) is 0.263. The molecule has 1 amide bonds. The zero-order chi connectivity index (χ0) is 17.1. The summed E-state index contributed by atoms with van der Waals surface area (Å²) in [6.07, 6.45) is 1.93. The average Bonchev–Trinajstić information content (AvgIpc) is 2.59. The van der Waals surface area contributed by atoms with Crippen LogP contribution in [0.1, 0.15) is 29.3 Å². The number of nitrogen functional groups attached to an aromatic ring is 1. The van der Waals surface area contributed by atoms with Crippen LogP contribution in [-0.4, -0.2) is 24.8 Å². The lowest BCUT2D eigenvalue weighted by atomic mass is 10.0. The van der Waals surface area contributed by atoms with Crippen molar-refractivity contribution in [3.8, 4) is 5.75 Å². The summed E-state index contributed by atoms with van der Waals surface area (Å²) in [6, 6.07) is 12.8. The van der Waals surface area contributed by atoms with Crippen molar-refractivity contribution < 1.29 is 14.3 Å². The molecule has 0 aliphatic carbocycles. The Bertz CT molecular complexity index is 786. The third-order valence-electron chi connectivity index (χ3n) is 4.18. The van der Waals surface area contributed by atoms with Crippen molar-refractivity contribution in [3.05, 3.63) is 53.6 Å². The number of carbonyl (C=O) groups excluding carboxylic acids is 2. The molecule has 2 N–H and O–H groups in total. The Morgan fingerprint density at radius 2 is 2.00 bits per heavy atom. The molecule has 0 saturated heterocycles. The highest BCUT2D eigenvalue weighted by Crippen LogP contribution is 2.27. The molecule has 0 spiro atoms. The zero-order valence-electron chi connectivity index (χ0n) is 13.6.